The summed E-state index contributed by atoms with van der Waals surface area (Å²) in [5.74, 6) is -1.83. The van der Waals surface area contributed by atoms with Gasteiger partial charge in [0.15, 0.2) is 5.13 Å². The number of β-amino-alcohol motifs (C(OH)–C–C–N with tert-alkyl or cyclic N) is 1. The van der Waals surface area contributed by atoms with Gasteiger partial charge in [0.2, 0.25) is 27.7 Å². The van der Waals surface area contributed by atoms with E-state index in [0.717, 1.165) is 61.6 Å². The Bertz CT molecular complexity index is 3720. The van der Waals surface area contributed by atoms with Crippen LogP contribution < -0.4 is 25.6 Å². The second-order valence-electron chi connectivity index (χ2n) is 24.2. The van der Waals surface area contributed by atoms with E-state index in [1.807, 2.05) is 123 Å². The Labute approximate surface area is 516 Å². The molecular formula is C64H77N11O9S3. The number of aliphatic hydroxyl groups is 1. The van der Waals surface area contributed by atoms with Crippen molar-refractivity contribution in [1.82, 2.24) is 45.0 Å². The molecule has 0 bridgehead atoms. The van der Waals surface area contributed by atoms with Crippen LogP contribution in [0.15, 0.2) is 90.6 Å². The second-order valence-corrected chi connectivity index (χ2v) is 27.9. The molecule has 3 aromatic carbocycles. The number of anilines is 2. The molecule has 0 spiro atoms. The molecule has 4 atom stereocenters. The highest BCUT2D eigenvalue weighted by atomic mass is 32.2. The van der Waals surface area contributed by atoms with Gasteiger partial charge in [-0.15, -0.1) is 11.3 Å². The number of nitrogens with one attached hydrogen (secondary N) is 4. The first-order valence-corrected chi connectivity index (χ1v) is 33.3. The number of rotatable bonds is 22. The normalized spacial score (nSPS) is 17.2. The lowest BCUT2D eigenvalue weighted by Gasteiger charge is -2.35. The predicted octanol–water partition coefficient (Wildman–Crippen LogP) is 9.31. The van der Waals surface area contributed by atoms with Gasteiger partial charge in [-0.2, -0.15) is 5.10 Å². The standard InChI is InChI=1S/C64H77N11O9S3/c1-39(43-20-22-45(23-21-43)57-40(2)65-38-85-57)67-60(79)52-33-46(76)36-74(52)62(81)58(64(4,5)6)70-55(77)19-10-8-7-9-13-32-87(82,83)72-61(80)56-47(49-34-66-75(41(49)3)35-42-27-30-84-31-28-42)24-25-54(69-56)73-29-26-44-15-14-16-48(50(44)37-73)59(78)71-63-68-51-17-11-12-18-53(51)86-63/h11-12,14-18,20-25,34,38-39,42,46,52,58,76H,7-10,13,19,26-33,35-37H2,1-6H3,(H,67,79)(H,70,77)(H,72,80)(H,68,71,78)/t39-,46+,52-,58-/m0/s1. The van der Waals surface area contributed by atoms with Crippen LogP contribution in [0.3, 0.4) is 0 Å². The molecule has 3 aliphatic heterocycles. The zero-order chi connectivity index (χ0) is 61.6. The minimum atomic E-state index is -4.15. The quantitative estimate of drug-likeness (QED) is 0.0396. The highest BCUT2D eigenvalue weighted by Gasteiger charge is 2.45. The maximum absolute atomic E-state index is 14.4. The number of hydrogen-bond donors (Lipinski definition) is 5. The van der Waals surface area contributed by atoms with Gasteiger partial charge in [0.05, 0.1) is 50.4 Å². The van der Waals surface area contributed by atoms with Crippen molar-refractivity contribution in [3.63, 3.8) is 0 Å². The number of unbranched alkanes of at least 4 members (excludes halogenated alkanes) is 4. The number of benzene rings is 3. The molecule has 5 amide bonds. The molecule has 0 aliphatic carbocycles. The van der Waals surface area contributed by atoms with E-state index in [-0.39, 0.29) is 55.1 Å². The molecule has 2 saturated heterocycles. The van der Waals surface area contributed by atoms with Crippen LogP contribution in [0.2, 0.25) is 0 Å². The van der Waals surface area contributed by atoms with Gasteiger partial charge >= 0.3 is 0 Å². The Kier molecular flexibility index (Phi) is 19.6. The Morgan fingerprint density at radius 3 is 2.37 bits per heavy atom. The van der Waals surface area contributed by atoms with Crippen LogP contribution in [0.25, 0.3) is 31.8 Å². The van der Waals surface area contributed by atoms with Crippen molar-refractivity contribution in [2.45, 2.75) is 143 Å². The summed E-state index contributed by atoms with van der Waals surface area (Å²) in [4.78, 5) is 88.2. The van der Waals surface area contributed by atoms with Gasteiger partial charge in [0, 0.05) is 74.6 Å². The molecule has 3 aliphatic rings. The average Bonchev–Trinajstić information content (AvgIpc) is 2.44. The molecule has 0 radical (unpaired) electrons. The van der Waals surface area contributed by atoms with Crippen LogP contribution in [0, 0.1) is 25.2 Å². The number of ether oxygens (including phenoxy) is 1. The second kappa shape index (κ2) is 27.3. The lowest BCUT2D eigenvalue weighted by atomic mass is 9.85. The fourth-order valence-corrected chi connectivity index (χ4v) is 14.5. The maximum atomic E-state index is 14.4. The van der Waals surface area contributed by atoms with Crippen LogP contribution in [0.4, 0.5) is 10.9 Å². The van der Waals surface area contributed by atoms with E-state index in [1.54, 1.807) is 29.7 Å². The predicted molar refractivity (Wildman–Crippen MR) is 338 cm³/mol. The minimum absolute atomic E-state index is 0.0441. The molecule has 2 fully saturated rings. The van der Waals surface area contributed by atoms with Gasteiger partial charge in [-0.1, -0.05) is 99.9 Å². The first kappa shape index (κ1) is 62.6. The number of para-hydroxylation sites is 1. The van der Waals surface area contributed by atoms with Crippen molar-refractivity contribution < 1.29 is 42.2 Å². The molecule has 20 nitrogen and oxygen atoms in total. The van der Waals surface area contributed by atoms with Crippen LogP contribution in [0.1, 0.15) is 140 Å². The molecule has 7 aromatic rings. The molecule has 87 heavy (non-hydrogen) atoms. The summed E-state index contributed by atoms with van der Waals surface area (Å²) in [5, 5.41) is 24.9. The highest BCUT2D eigenvalue weighted by molar-refractivity contribution is 7.90. The largest absolute Gasteiger partial charge is 0.391 e. The van der Waals surface area contributed by atoms with E-state index in [9.17, 15) is 37.5 Å². The number of aromatic nitrogens is 5. The van der Waals surface area contributed by atoms with Crippen LogP contribution in [-0.2, 0) is 48.7 Å². The number of carbonyl (C=O) groups is 5. The molecule has 23 heteroatoms. The van der Waals surface area contributed by atoms with E-state index >= 15 is 0 Å². The summed E-state index contributed by atoms with van der Waals surface area (Å²) in [6, 6.07) is 22.6. The smallest absolute Gasteiger partial charge is 0.284 e. The number of amides is 5. The SMILES string of the molecule is Cc1ncsc1-c1ccc([C@H](C)NC(=O)[C@@H]2C[C@@H](O)CN2C(=O)[C@H](NC(=O)CCCCCCCS(=O)(=O)NC(=O)c2nc(N3CCc4cccc(C(=O)Nc5nc6ccccc6s5)c4C3)ccc2-c2cnn(CC3CCOCC3)c2C)C(C)(C)C)cc1. The molecule has 7 heterocycles. The number of carbonyl (C=O) groups excluding carboxylic acids is 5. The number of sulfonamides is 1. The number of thiazole rings is 2. The molecule has 0 unspecified atom stereocenters. The zero-order valence-corrected chi connectivity index (χ0v) is 52.6. The molecule has 0 saturated carbocycles. The lowest BCUT2D eigenvalue weighted by Crippen LogP contribution is -2.57. The summed E-state index contributed by atoms with van der Waals surface area (Å²) in [6.45, 7) is 14.1. The monoisotopic (exact) mass is 1240 g/mol. The molecular weight excluding hydrogens is 1160 g/mol. The van der Waals surface area contributed by atoms with Crippen molar-refractivity contribution in [2.24, 2.45) is 11.3 Å². The van der Waals surface area contributed by atoms with Gasteiger partial charge in [-0.3, -0.25) is 34.0 Å². The summed E-state index contributed by atoms with van der Waals surface area (Å²) < 4.78 is 38.3. The summed E-state index contributed by atoms with van der Waals surface area (Å²) in [5.41, 5.74) is 8.91. The zero-order valence-electron chi connectivity index (χ0n) is 50.1. The summed E-state index contributed by atoms with van der Waals surface area (Å²) >= 11 is 2.96. The van der Waals surface area contributed by atoms with Gasteiger partial charge < -0.3 is 30.3 Å². The van der Waals surface area contributed by atoms with Crippen LogP contribution >= 0.6 is 22.7 Å². The van der Waals surface area contributed by atoms with Crippen molar-refractivity contribution >= 4 is 83.4 Å². The van der Waals surface area contributed by atoms with Crippen molar-refractivity contribution in [1.29, 1.82) is 0 Å². The summed E-state index contributed by atoms with van der Waals surface area (Å²) in [7, 11) is -4.15. The first-order chi connectivity index (χ1) is 41.7. The van der Waals surface area contributed by atoms with Gasteiger partial charge in [-0.05, 0) is 117 Å². The topological polar surface area (TPSA) is 260 Å². The first-order valence-electron chi connectivity index (χ1n) is 30.0. The van der Waals surface area contributed by atoms with E-state index < -0.39 is 51.3 Å². The van der Waals surface area contributed by atoms with Gasteiger partial charge in [0.1, 0.15) is 23.6 Å². The fraction of sp³-hybridized carbons (Fsp3) is 0.453. The van der Waals surface area contributed by atoms with Crippen LogP contribution in [0.5, 0.6) is 0 Å². The van der Waals surface area contributed by atoms with Crippen molar-refractivity contribution in [2.75, 3.05) is 42.3 Å². The number of nitrogens with zero attached hydrogens (tertiary/aromatic N) is 7. The Morgan fingerprint density at radius 2 is 1.62 bits per heavy atom. The summed E-state index contributed by atoms with van der Waals surface area (Å²) in [6.07, 6.45) is 5.86. The van der Waals surface area contributed by atoms with E-state index in [0.29, 0.717) is 98.5 Å². The third-order valence-electron chi connectivity index (χ3n) is 16.7. The molecule has 5 N–H and O–H groups in total. The van der Waals surface area contributed by atoms with E-state index in [2.05, 4.69) is 30.6 Å². The third-order valence-corrected chi connectivity index (χ3v) is 20.0. The van der Waals surface area contributed by atoms with Gasteiger partial charge in [-0.25, -0.2) is 28.1 Å². The molecule has 10 rings (SSSR count). The number of hydrogen-bond acceptors (Lipinski definition) is 16. The number of pyridine rings is 1. The Hall–Kier alpha value is -7.44. The van der Waals surface area contributed by atoms with Crippen molar-refractivity contribution in [3.8, 4) is 21.6 Å². The Morgan fingerprint density at radius 1 is 0.862 bits per heavy atom. The van der Waals surface area contributed by atoms with E-state index in [1.165, 1.54) is 16.2 Å². The fourth-order valence-electron chi connectivity index (χ4n) is 11.8. The average molecular weight is 1240 g/mol. The maximum Gasteiger partial charge on any atom is 0.284 e. The minimum Gasteiger partial charge on any atom is -0.391 e. The highest BCUT2D eigenvalue weighted by Crippen LogP contribution is 2.35. The van der Waals surface area contributed by atoms with Crippen LogP contribution in [-0.4, -0.2) is 123 Å². The number of aryl methyl sites for hydroxylation is 1. The number of aliphatic hydroxyl groups excluding tert-OH is 1. The van der Waals surface area contributed by atoms with E-state index in [4.69, 9.17) is 14.8 Å². The number of likely N-dealkylation sites (tertiary alicyclic amines) is 1. The molecule has 460 valence electrons. The molecule has 4 aromatic heterocycles. The Balaban J connectivity index is 0.735. The third kappa shape index (κ3) is 15.1. The number of fused-ring (bicyclic) bond motifs is 2. The van der Waals surface area contributed by atoms with Crippen molar-refractivity contribution in [3.05, 3.63) is 130 Å². The van der Waals surface area contributed by atoms with Gasteiger partial charge in [0.25, 0.3) is 11.8 Å². The lowest BCUT2D eigenvalue weighted by molar-refractivity contribution is -0.144.